The lowest BCUT2D eigenvalue weighted by molar-refractivity contribution is 0.583. The quantitative estimate of drug-likeness (QED) is 0.891. The molecule has 0 atom stereocenters. The molecule has 6 heteroatoms. The SMILES string of the molecule is CCCn1nncc1-c1nc(C)nc(NC)c1C. The van der Waals surface area contributed by atoms with Gasteiger partial charge in [-0.2, -0.15) is 0 Å². The predicted molar refractivity (Wildman–Crippen MR) is 70.4 cm³/mol. The Morgan fingerprint density at radius 1 is 1.28 bits per heavy atom. The summed E-state index contributed by atoms with van der Waals surface area (Å²) in [5.41, 5.74) is 2.85. The highest BCUT2D eigenvalue weighted by atomic mass is 15.4. The first-order valence-electron chi connectivity index (χ1n) is 6.09. The van der Waals surface area contributed by atoms with E-state index in [2.05, 4.69) is 32.5 Å². The molecule has 0 unspecified atom stereocenters. The maximum Gasteiger partial charge on any atom is 0.133 e. The van der Waals surface area contributed by atoms with Crippen molar-refractivity contribution >= 4 is 5.82 Å². The van der Waals surface area contributed by atoms with Crippen LogP contribution in [0.25, 0.3) is 11.4 Å². The highest BCUT2D eigenvalue weighted by molar-refractivity contribution is 5.64. The maximum atomic E-state index is 4.51. The molecule has 0 saturated carbocycles. The molecule has 0 saturated heterocycles. The van der Waals surface area contributed by atoms with Gasteiger partial charge in [0.05, 0.1) is 11.9 Å². The largest absolute Gasteiger partial charge is 0.373 e. The lowest BCUT2D eigenvalue weighted by atomic mass is 10.2. The number of hydrogen-bond acceptors (Lipinski definition) is 5. The number of anilines is 1. The molecular formula is C12H18N6. The van der Waals surface area contributed by atoms with Crippen LogP contribution in [0.4, 0.5) is 5.82 Å². The predicted octanol–water partition coefficient (Wildman–Crippen LogP) is 1.80. The highest BCUT2D eigenvalue weighted by Crippen LogP contribution is 2.24. The van der Waals surface area contributed by atoms with Crippen molar-refractivity contribution in [1.82, 2.24) is 25.0 Å². The molecule has 2 aromatic rings. The van der Waals surface area contributed by atoms with Gasteiger partial charge >= 0.3 is 0 Å². The Hall–Kier alpha value is -1.98. The van der Waals surface area contributed by atoms with Gasteiger partial charge in [0.15, 0.2) is 0 Å². The monoisotopic (exact) mass is 246 g/mol. The zero-order valence-corrected chi connectivity index (χ0v) is 11.2. The van der Waals surface area contributed by atoms with Crippen LogP contribution in [0.2, 0.25) is 0 Å². The van der Waals surface area contributed by atoms with E-state index < -0.39 is 0 Å². The summed E-state index contributed by atoms with van der Waals surface area (Å²) in [7, 11) is 1.86. The molecule has 0 aliphatic heterocycles. The van der Waals surface area contributed by atoms with Crippen molar-refractivity contribution in [2.75, 3.05) is 12.4 Å². The van der Waals surface area contributed by atoms with E-state index >= 15 is 0 Å². The fourth-order valence-electron chi connectivity index (χ4n) is 1.94. The van der Waals surface area contributed by atoms with Crippen LogP contribution in [-0.2, 0) is 6.54 Å². The van der Waals surface area contributed by atoms with Gasteiger partial charge in [0.25, 0.3) is 0 Å². The number of aromatic nitrogens is 5. The maximum absolute atomic E-state index is 4.51. The van der Waals surface area contributed by atoms with Crippen molar-refractivity contribution in [3.63, 3.8) is 0 Å². The summed E-state index contributed by atoms with van der Waals surface area (Å²) in [5, 5.41) is 11.2. The van der Waals surface area contributed by atoms with E-state index in [1.165, 1.54) is 0 Å². The van der Waals surface area contributed by atoms with Crippen LogP contribution in [0.3, 0.4) is 0 Å². The normalized spacial score (nSPS) is 10.7. The molecular weight excluding hydrogens is 228 g/mol. The Bertz CT molecular complexity index is 545. The average molecular weight is 246 g/mol. The highest BCUT2D eigenvalue weighted by Gasteiger charge is 2.14. The van der Waals surface area contributed by atoms with Crippen LogP contribution in [0.15, 0.2) is 6.20 Å². The van der Waals surface area contributed by atoms with Crippen molar-refractivity contribution in [2.24, 2.45) is 0 Å². The summed E-state index contributed by atoms with van der Waals surface area (Å²) in [5.74, 6) is 1.59. The van der Waals surface area contributed by atoms with E-state index in [4.69, 9.17) is 0 Å². The summed E-state index contributed by atoms with van der Waals surface area (Å²) >= 11 is 0. The lowest BCUT2D eigenvalue weighted by Crippen LogP contribution is -2.07. The molecule has 2 heterocycles. The Labute approximate surface area is 106 Å². The molecule has 0 bridgehead atoms. The molecule has 18 heavy (non-hydrogen) atoms. The topological polar surface area (TPSA) is 68.5 Å². The Morgan fingerprint density at radius 3 is 2.72 bits per heavy atom. The van der Waals surface area contributed by atoms with Gasteiger partial charge in [-0.1, -0.05) is 12.1 Å². The lowest BCUT2D eigenvalue weighted by Gasteiger charge is -2.11. The number of hydrogen-bond donors (Lipinski definition) is 1. The van der Waals surface area contributed by atoms with Gasteiger partial charge in [-0.3, -0.25) is 0 Å². The minimum absolute atomic E-state index is 0.740. The van der Waals surface area contributed by atoms with E-state index in [9.17, 15) is 0 Å². The van der Waals surface area contributed by atoms with E-state index in [0.29, 0.717) is 0 Å². The molecule has 0 aromatic carbocycles. The average Bonchev–Trinajstić information content (AvgIpc) is 2.80. The minimum Gasteiger partial charge on any atom is -0.373 e. The van der Waals surface area contributed by atoms with Gasteiger partial charge in [-0.05, 0) is 20.3 Å². The van der Waals surface area contributed by atoms with Crippen molar-refractivity contribution in [3.05, 3.63) is 17.6 Å². The first kappa shape index (κ1) is 12.5. The Kier molecular flexibility index (Phi) is 3.55. The van der Waals surface area contributed by atoms with E-state index in [-0.39, 0.29) is 0 Å². The Morgan fingerprint density at radius 2 is 2.06 bits per heavy atom. The number of nitrogens with zero attached hydrogens (tertiary/aromatic N) is 5. The summed E-state index contributed by atoms with van der Waals surface area (Å²) in [6, 6.07) is 0. The molecule has 0 aliphatic rings. The standard InChI is InChI=1S/C12H18N6/c1-5-6-18-10(7-14-17-18)11-8(2)12(13-4)16-9(3)15-11/h7H,5-6H2,1-4H3,(H,13,15,16). The fourth-order valence-corrected chi connectivity index (χ4v) is 1.94. The third-order valence-electron chi connectivity index (χ3n) is 2.79. The third kappa shape index (κ3) is 2.18. The second-order valence-corrected chi connectivity index (χ2v) is 4.19. The van der Waals surface area contributed by atoms with Crippen LogP contribution in [-0.4, -0.2) is 32.0 Å². The summed E-state index contributed by atoms with van der Waals surface area (Å²) < 4.78 is 1.88. The minimum atomic E-state index is 0.740. The molecule has 0 radical (unpaired) electrons. The van der Waals surface area contributed by atoms with Crippen molar-refractivity contribution < 1.29 is 0 Å². The molecule has 2 aromatic heterocycles. The number of aryl methyl sites for hydroxylation is 2. The van der Waals surface area contributed by atoms with Crippen LogP contribution in [0.5, 0.6) is 0 Å². The van der Waals surface area contributed by atoms with E-state index in [1.54, 1.807) is 6.20 Å². The fraction of sp³-hybridized carbons (Fsp3) is 0.500. The van der Waals surface area contributed by atoms with Gasteiger partial charge in [0, 0.05) is 19.2 Å². The van der Waals surface area contributed by atoms with Gasteiger partial charge < -0.3 is 5.32 Å². The van der Waals surface area contributed by atoms with Gasteiger partial charge in [-0.25, -0.2) is 14.6 Å². The first-order chi connectivity index (χ1) is 8.67. The van der Waals surface area contributed by atoms with Crippen LogP contribution in [0.1, 0.15) is 24.7 Å². The van der Waals surface area contributed by atoms with E-state index in [1.807, 2.05) is 25.6 Å². The summed E-state index contributed by atoms with van der Waals surface area (Å²) in [6.07, 6.45) is 2.77. The number of rotatable bonds is 4. The third-order valence-corrected chi connectivity index (χ3v) is 2.79. The Balaban J connectivity index is 2.56. The summed E-state index contributed by atoms with van der Waals surface area (Å²) in [4.78, 5) is 8.88. The first-order valence-corrected chi connectivity index (χ1v) is 6.09. The number of nitrogens with one attached hydrogen (secondary N) is 1. The molecule has 2 rings (SSSR count). The van der Waals surface area contributed by atoms with Gasteiger partial charge in [-0.15, -0.1) is 5.10 Å². The molecule has 96 valence electrons. The molecule has 0 amide bonds. The van der Waals surface area contributed by atoms with E-state index in [0.717, 1.165) is 41.6 Å². The molecule has 1 N–H and O–H groups in total. The molecule has 0 fully saturated rings. The van der Waals surface area contributed by atoms with Crippen LogP contribution < -0.4 is 5.32 Å². The zero-order valence-electron chi connectivity index (χ0n) is 11.2. The van der Waals surface area contributed by atoms with Crippen molar-refractivity contribution in [3.8, 4) is 11.4 Å². The summed E-state index contributed by atoms with van der Waals surface area (Å²) in [6.45, 7) is 6.84. The molecule has 0 aliphatic carbocycles. The molecule has 6 nitrogen and oxygen atoms in total. The second kappa shape index (κ2) is 5.12. The van der Waals surface area contributed by atoms with Crippen LogP contribution >= 0.6 is 0 Å². The van der Waals surface area contributed by atoms with Gasteiger partial charge in [0.1, 0.15) is 17.3 Å². The molecule has 0 spiro atoms. The van der Waals surface area contributed by atoms with Gasteiger partial charge in [0.2, 0.25) is 0 Å². The van der Waals surface area contributed by atoms with Crippen molar-refractivity contribution in [2.45, 2.75) is 33.7 Å². The van der Waals surface area contributed by atoms with Crippen LogP contribution in [0, 0.1) is 13.8 Å². The zero-order chi connectivity index (χ0) is 13.1. The second-order valence-electron chi connectivity index (χ2n) is 4.19. The smallest absolute Gasteiger partial charge is 0.133 e. The van der Waals surface area contributed by atoms with Crippen molar-refractivity contribution in [1.29, 1.82) is 0 Å².